The first kappa shape index (κ1) is 99.5. The summed E-state index contributed by atoms with van der Waals surface area (Å²) in [4.78, 5) is 37.8. The van der Waals surface area contributed by atoms with E-state index in [-0.39, 0.29) is 116 Å². The van der Waals surface area contributed by atoms with Crippen molar-refractivity contribution in [1.29, 1.82) is 0 Å². The zero-order valence-corrected chi connectivity index (χ0v) is 79.3. The minimum Gasteiger partial charge on any atom is -0.507 e. The van der Waals surface area contributed by atoms with E-state index in [1.54, 1.807) is 49.1 Å². The average molecular weight is 1880 g/mol. The summed E-state index contributed by atoms with van der Waals surface area (Å²) < 4.78 is 0. The molecule has 0 bridgehead atoms. The summed E-state index contributed by atoms with van der Waals surface area (Å²) in [6.07, 6.45) is 7.17. The van der Waals surface area contributed by atoms with Crippen LogP contribution in [0.25, 0.3) is 146 Å². The molecule has 0 aliphatic rings. The number of aromatic nitrogens is 8. The van der Waals surface area contributed by atoms with Gasteiger partial charge in [0.15, 0.2) is 0 Å². The van der Waals surface area contributed by atoms with Crippen LogP contribution in [0, 0.1) is 24.3 Å². The van der Waals surface area contributed by atoms with Crippen LogP contribution in [-0.4, -0.2) is 60.3 Å². The van der Waals surface area contributed by atoms with Gasteiger partial charge in [-0.3, -0.25) is 39.9 Å². The Morgan fingerprint density at radius 1 is 0.200 bits per heavy atom. The smallest absolute Gasteiger partial charge is 0.124 e. The number of para-hydroxylation sites is 4. The first-order valence-corrected chi connectivity index (χ1v) is 42.4. The Morgan fingerprint density at radius 2 is 0.492 bits per heavy atom. The van der Waals surface area contributed by atoms with Gasteiger partial charge in [-0.2, -0.15) is 0 Å². The summed E-state index contributed by atoms with van der Waals surface area (Å²) in [5.41, 5.74) is 27.9. The number of hydrogen-bond acceptors (Lipinski definition) is 12. The fraction of sp³-hybridized carbons (Fsp3) is 0.175. The van der Waals surface area contributed by atoms with Crippen molar-refractivity contribution in [2.24, 2.45) is 0 Å². The zero-order valence-electron chi connectivity index (χ0n) is 75.4. The first-order valence-electron chi connectivity index (χ1n) is 42.4. The minimum absolute atomic E-state index is 0. The molecule has 9 aromatic carbocycles. The van der Waals surface area contributed by atoms with Crippen molar-refractivity contribution in [3.8, 4) is 169 Å². The Hall–Kier alpha value is -12.6. The zero-order chi connectivity index (χ0) is 89.1. The number of phenols is 4. The Bertz CT molecular complexity index is 6670. The predicted octanol–water partition coefficient (Wildman–Crippen LogP) is 28.1. The molecule has 668 valence electrons. The monoisotopic (exact) mass is 1880 g/mol. The van der Waals surface area contributed by atoms with E-state index in [0.717, 1.165) is 146 Å². The molecule has 0 spiro atoms. The van der Waals surface area contributed by atoms with E-state index in [1.165, 1.54) is 11.1 Å². The first-order chi connectivity index (χ1) is 60.3. The minimum atomic E-state index is -0.150. The van der Waals surface area contributed by atoms with Crippen molar-refractivity contribution in [3.63, 3.8) is 0 Å². The second kappa shape index (κ2) is 43.2. The maximum atomic E-state index is 10.7. The molecule has 17 aromatic rings. The molecular formula is C114H104N8Ni4O4-4. The fourth-order valence-electron chi connectivity index (χ4n) is 14.6. The number of benzene rings is 9. The molecule has 4 N–H and O–H groups in total. The van der Waals surface area contributed by atoms with E-state index in [4.69, 9.17) is 19.9 Å². The summed E-state index contributed by atoms with van der Waals surface area (Å²) in [7, 11) is 0. The van der Waals surface area contributed by atoms with E-state index in [0.29, 0.717) is 16.8 Å². The van der Waals surface area contributed by atoms with Crippen molar-refractivity contribution >= 4 is 0 Å². The molecule has 0 aliphatic carbocycles. The molecular weight excluding hydrogens is 1780 g/mol. The van der Waals surface area contributed by atoms with E-state index >= 15 is 0 Å². The Labute approximate surface area is 806 Å². The second-order valence-electron chi connectivity index (χ2n) is 36.3. The molecule has 0 radical (unpaired) electrons. The van der Waals surface area contributed by atoms with Gasteiger partial charge in [-0.15, -0.1) is 90.5 Å². The van der Waals surface area contributed by atoms with Crippen LogP contribution in [-0.2, 0) is 93.0 Å². The molecule has 8 heterocycles. The van der Waals surface area contributed by atoms with Crippen LogP contribution in [0.1, 0.15) is 132 Å². The van der Waals surface area contributed by atoms with Crippen molar-refractivity contribution in [3.05, 3.63) is 386 Å². The van der Waals surface area contributed by atoms with E-state index in [2.05, 4.69) is 221 Å². The molecule has 0 saturated carbocycles. The van der Waals surface area contributed by atoms with Crippen LogP contribution in [0.3, 0.4) is 0 Å². The largest absolute Gasteiger partial charge is 0.507 e. The van der Waals surface area contributed by atoms with Crippen molar-refractivity contribution in [1.82, 2.24) is 39.9 Å². The van der Waals surface area contributed by atoms with Crippen LogP contribution in [0.2, 0.25) is 0 Å². The molecule has 8 aromatic heterocycles. The van der Waals surface area contributed by atoms with Gasteiger partial charge in [0.05, 0.1) is 22.8 Å². The Morgan fingerprint density at radius 3 is 0.892 bits per heavy atom. The second-order valence-corrected chi connectivity index (χ2v) is 36.3. The van der Waals surface area contributed by atoms with Gasteiger partial charge in [0.2, 0.25) is 0 Å². The van der Waals surface area contributed by atoms with Gasteiger partial charge >= 0.3 is 0 Å². The predicted molar refractivity (Wildman–Crippen MR) is 514 cm³/mol. The molecule has 0 saturated heterocycles. The van der Waals surface area contributed by atoms with Crippen LogP contribution in [0.15, 0.2) is 334 Å². The van der Waals surface area contributed by atoms with Gasteiger partial charge in [0, 0.05) is 159 Å². The molecule has 0 unspecified atom stereocenters. The maximum absolute atomic E-state index is 10.7. The quantitative estimate of drug-likeness (QED) is 0.0634. The van der Waals surface area contributed by atoms with Crippen LogP contribution in [0.5, 0.6) is 23.0 Å². The van der Waals surface area contributed by atoms with Gasteiger partial charge < -0.3 is 20.4 Å². The van der Waals surface area contributed by atoms with Crippen molar-refractivity contribution in [2.45, 2.75) is 131 Å². The number of aromatic hydroxyl groups is 4. The van der Waals surface area contributed by atoms with E-state index in [1.807, 2.05) is 212 Å². The van der Waals surface area contributed by atoms with E-state index in [9.17, 15) is 20.4 Å². The fourth-order valence-corrected chi connectivity index (χ4v) is 14.6. The number of phenolic OH excluding ortho intramolecular Hbond substituents is 4. The third kappa shape index (κ3) is 24.7. The van der Waals surface area contributed by atoms with Crippen molar-refractivity contribution in [2.75, 3.05) is 0 Å². The SMILES string of the molecule is CC(C)(C)c1cc(-c2[c-]c(-c3ccccn3)ccc2)nc(-c2ccccc2O)c1.CC(C)(C)c1cc(-c2ccccn2)[c-]c(-c2cccc(-c3ccccc3O)n2)c1.CC(C)(C)c1cc(C(C)(C)C)c(-c2ccccc2O)nc1-c1[c-]c(-c2ccccn2)ccc1.CC(C)(C)c1ccc(-c2cc(-c3ccccn3)[c-]c(-c3cccc(-c4ccccc4O)n3)c2)cc1.[Ni].[Ni].[Ni].[Ni]. The van der Waals surface area contributed by atoms with Gasteiger partial charge in [-0.25, -0.2) is 0 Å². The molecule has 0 amide bonds. The number of rotatable bonds is 13. The number of hydrogen-bond donors (Lipinski definition) is 4. The third-order valence-corrected chi connectivity index (χ3v) is 21.7. The summed E-state index contributed by atoms with van der Waals surface area (Å²) in [5.74, 6) is 0.890. The standard InChI is InChI=1S/C32H27N2O.C30H31N2O.2C26H23N2O.4Ni/c1-32(2,3)26-16-14-22(15-17-26)23-19-24(28-10-6-7-18-33-28)21-25(20-23)29-11-8-12-30(34-29)27-9-4-5-13-31(27)35;1-29(2,3)23-19-24(30(4,5)6)28(22-14-7-8-16-26(22)33)32-27(23)21-13-11-12-20(18-21)25-15-9-10-17-31-25;1-26(2,3)20-16-23(28-24(17-20)21-11-4-5-13-25(21)29)19-10-8-9-18(15-19)22-12-6-7-14-27-22;1-26(2,3)20-16-18(22-10-6-7-14-27-22)15-19(17-20)23-11-8-12-24(28-23)21-9-4-5-13-25(21)29;;;;/h4-20,35H,1-3H3;7-17,19,33H,1-6H3;2*4-14,16-17,29H,1-3H3;;;;/q4*-1;;;;. The van der Waals surface area contributed by atoms with Gasteiger partial charge in [0.25, 0.3) is 0 Å². The summed E-state index contributed by atoms with van der Waals surface area (Å²) in [6, 6.07) is 114. The van der Waals surface area contributed by atoms with Gasteiger partial charge in [0.1, 0.15) is 23.0 Å². The number of pyridine rings is 8. The van der Waals surface area contributed by atoms with E-state index < -0.39 is 0 Å². The molecule has 16 heteroatoms. The summed E-state index contributed by atoms with van der Waals surface area (Å²) >= 11 is 0. The molecule has 17 rings (SSSR count). The molecule has 130 heavy (non-hydrogen) atoms. The maximum Gasteiger partial charge on any atom is 0.124 e. The van der Waals surface area contributed by atoms with Crippen LogP contribution >= 0.6 is 0 Å². The molecule has 0 atom stereocenters. The molecule has 0 aliphatic heterocycles. The van der Waals surface area contributed by atoms with Gasteiger partial charge in [-0.05, 0) is 146 Å². The third-order valence-electron chi connectivity index (χ3n) is 21.7. The van der Waals surface area contributed by atoms with Crippen LogP contribution < -0.4 is 0 Å². The summed E-state index contributed by atoms with van der Waals surface area (Å²) in [5, 5.41) is 41.6. The summed E-state index contributed by atoms with van der Waals surface area (Å²) in [6.45, 7) is 33.0. The van der Waals surface area contributed by atoms with Crippen molar-refractivity contribution < 1.29 is 86.4 Å². The Kier molecular flexibility index (Phi) is 33.1. The topological polar surface area (TPSA) is 184 Å². The average Bonchev–Trinajstić information content (AvgIpc) is 0.750. The van der Waals surface area contributed by atoms with Gasteiger partial charge in [-0.1, -0.05) is 312 Å². The molecule has 0 fully saturated rings. The number of nitrogens with zero attached hydrogens (tertiary/aromatic N) is 8. The normalized spacial score (nSPS) is 11.2. The van der Waals surface area contributed by atoms with Crippen LogP contribution in [0.4, 0.5) is 0 Å². The molecule has 12 nitrogen and oxygen atoms in total. The Balaban J connectivity index is 0.000000179.